The molecule has 0 aliphatic heterocycles. The lowest BCUT2D eigenvalue weighted by atomic mass is 9.97. The van der Waals surface area contributed by atoms with Crippen molar-refractivity contribution < 1.29 is 13.3 Å². The van der Waals surface area contributed by atoms with Crippen LogP contribution in [0.1, 0.15) is 0 Å². The molecule has 0 radical (unpaired) electrons. The van der Waals surface area contributed by atoms with Crippen LogP contribution >= 0.6 is 0 Å². The van der Waals surface area contributed by atoms with Crippen molar-refractivity contribution in [3.8, 4) is 95.3 Å². The lowest BCUT2D eigenvalue weighted by molar-refractivity contribution is 0.668. The van der Waals surface area contributed by atoms with Gasteiger partial charge in [-0.15, -0.1) is 0 Å². The number of hydrogen-bond donors (Lipinski definition) is 0. The van der Waals surface area contributed by atoms with Crippen LogP contribution in [0.5, 0.6) is 0 Å². The van der Waals surface area contributed by atoms with Gasteiger partial charge in [0.15, 0.2) is 5.82 Å². The van der Waals surface area contributed by atoms with E-state index in [1.54, 1.807) is 0 Å². The Labute approximate surface area is 640 Å². The fraction of sp³-hybridized carbons (Fsp3) is 0. The molecule has 0 atom stereocenters. The van der Waals surface area contributed by atoms with Gasteiger partial charge in [0, 0.05) is 98.2 Å². The summed E-state index contributed by atoms with van der Waals surface area (Å²) < 4.78 is 25.8. The fourth-order valence-electron chi connectivity index (χ4n) is 17.9. The van der Waals surface area contributed by atoms with Crippen LogP contribution in [0.15, 0.2) is 383 Å². The van der Waals surface area contributed by atoms with Gasteiger partial charge in [0.1, 0.15) is 33.5 Å². The van der Waals surface area contributed by atoms with Gasteiger partial charge in [0.25, 0.3) is 0 Å². The first-order valence-electron chi connectivity index (χ1n) is 38.0. The second-order valence-electron chi connectivity index (χ2n) is 29.5. The predicted molar refractivity (Wildman–Crippen MR) is 462 cm³/mol. The van der Waals surface area contributed by atoms with E-state index in [0.717, 1.165) is 188 Å². The molecule has 17 aromatic carbocycles. The highest BCUT2D eigenvalue weighted by Crippen LogP contribution is 2.44. The van der Waals surface area contributed by atoms with Gasteiger partial charge in [-0.1, -0.05) is 200 Å². The molecule has 7 aromatic heterocycles. The summed E-state index contributed by atoms with van der Waals surface area (Å²) in [6.07, 6.45) is 0. The molecule has 0 bridgehead atoms. The van der Waals surface area contributed by atoms with Crippen LogP contribution in [-0.4, -0.2) is 23.7 Å². The van der Waals surface area contributed by atoms with Gasteiger partial charge in [0.2, 0.25) is 0 Å². The minimum Gasteiger partial charge on any atom is -0.456 e. The van der Waals surface area contributed by atoms with Gasteiger partial charge in [-0.25, -0.2) is 9.97 Å². The molecule has 0 aliphatic rings. The zero-order valence-electron chi connectivity index (χ0n) is 60.2. The first-order chi connectivity index (χ1) is 55.4. The first kappa shape index (κ1) is 62.0. The average molecular weight is 1430 g/mol. The number of furan rings is 3. The Kier molecular flexibility index (Phi) is 13.4. The van der Waals surface area contributed by atoms with Gasteiger partial charge < -0.3 is 27.0 Å². The van der Waals surface area contributed by atoms with E-state index in [1.165, 1.54) is 43.4 Å². The van der Waals surface area contributed by atoms with Gasteiger partial charge in [-0.2, -0.15) is 0 Å². The maximum atomic E-state index is 6.24. The number of nitrogens with zero attached hydrogens (tertiary/aromatic N) is 5. The molecule has 24 rings (SSSR count). The van der Waals surface area contributed by atoms with Crippen LogP contribution in [0.4, 0.5) is 0 Å². The Hall–Kier alpha value is -15.1. The van der Waals surface area contributed by atoms with E-state index in [2.05, 4.69) is 347 Å². The van der Waals surface area contributed by atoms with Crippen LogP contribution in [0.25, 0.3) is 237 Å². The van der Waals surface area contributed by atoms with Crippen molar-refractivity contribution in [1.29, 1.82) is 0 Å². The van der Waals surface area contributed by atoms with Crippen molar-refractivity contribution in [3.63, 3.8) is 0 Å². The number of para-hydroxylation sites is 6. The molecule has 112 heavy (non-hydrogen) atoms. The van der Waals surface area contributed by atoms with Crippen molar-refractivity contribution in [2.45, 2.75) is 0 Å². The molecule has 0 aliphatic carbocycles. The third-order valence-electron chi connectivity index (χ3n) is 23.3. The largest absolute Gasteiger partial charge is 0.456 e. The molecule has 0 fully saturated rings. The van der Waals surface area contributed by atoms with Crippen molar-refractivity contribution in [1.82, 2.24) is 23.7 Å². The molecule has 0 amide bonds. The van der Waals surface area contributed by atoms with Crippen LogP contribution in [-0.2, 0) is 0 Å². The topological polar surface area (TPSA) is 80.0 Å². The van der Waals surface area contributed by atoms with E-state index >= 15 is 0 Å². The lowest BCUT2D eigenvalue weighted by Gasteiger charge is -2.14. The Morgan fingerprint density at radius 1 is 0.170 bits per heavy atom. The smallest absolute Gasteiger partial charge is 0.160 e. The van der Waals surface area contributed by atoms with E-state index < -0.39 is 0 Å². The maximum absolute atomic E-state index is 6.24. The molecule has 24 aromatic rings. The van der Waals surface area contributed by atoms with Crippen LogP contribution in [0, 0.1) is 0 Å². The van der Waals surface area contributed by atoms with Gasteiger partial charge in [-0.05, 0) is 225 Å². The molecule has 8 nitrogen and oxygen atoms in total. The van der Waals surface area contributed by atoms with Crippen molar-refractivity contribution in [2.24, 2.45) is 0 Å². The van der Waals surface area contributed by atoms with Crippen LogP contribution in [0.2, 0.25) is 0 Å². The zero-order chi connectivity index (χ0) is 73.2. The Morgan fingerprint density at radius 2 is 0.429 bits per heavy atom. The molecule has 520 valence electrons. The highest BCUT2D eigenvalue weighted by Gasteiger charge is 2.22. The number of benzene rings is 17. The number of aromatic nitrogens is 5. The zero-order valence-corrected chi connectivity index (χ0v) is 60.2. The molecule has 0 unspecified atom stereocenters. The monoisotopic (exact) mass is 1430 g/mol. The normalized spacial score (nSPS) is 12.1. The summed E-state index contributed by atoms with van der Waals surface area (Å²) >= 11 is 0. The van der Waals surface area contributed by atoms with E-state index in [0.29, 0.717) is 5.82 Å². The molecule has 7 heterocycles. The summed E-state index contributed by atoms with van der Waals surface area (Å²) in [5.74, 6) is 0.648. The Balaban J connectivity index is 0.578. The summed E-state index contributed by atoms with van der Waals surface area (Å²) in [6.45, 7) is 0. The minimum atomic E-state index is 0.648. The third kappa shape index (κ3) is 9.68. The lowest BCUT2D eigenvalue weighted by Crippen LogP contribution is -1.98. The molecule has 0 saturated carbocycles. The Morgan fingerprint density at radius 3 is 0.821 bits per heavy atom. The van der Waals surface area contributed by atoms with E-state index in [1.807, 2.05) is 36.4 Å². The van der Waals surface area contributed by atoms with Gasteiger partial charge >= 0.3 is 0 Å². The van der Waals surface area contributed by atoms with Crippen molar-refractivity contribution in [3.05, 3.63) is 370 Å². The van der Waals surface area contributed by atoms with Crippen LogP contribution < -0.4 is 0 Å². The first-order valence-corrected chi connectivity index (χ1v) is 38.0. The second-order valence-corrected chi connectivity index (χ2v) is 29.5. The quantitative estimate of drug-likeness (QED) is 0.136. The SMILES string of the molecule is c1ccc2c(c1)oc1ccc(-c3ccc4c(c3)c3ccccc3n4-c3ccc(-c4ccc(-c5ccc6nc(-c7ccc(-n8c9ccccc9c9cc(-c%10ccc%11oc%12ccccc%12c%11c%10)ccc98)cc7)nc(-c7ccc(-n8c9ccccc9c9cc(-c%10ccc%11oc%12ccccc%12c%11c%10)ccc98)cc7)c6c5)cc4)cc3)cc12. The Bertz CT molecular complexity index is 8050. The standard InChI is InChI=1S/C104H61N5O3/c1-7-19-91-77(13-1)83-55-68(71-39-52-100-86(58-71)80-16-4-10-22-97(80)110-100)36-49-94(83)107(91)74-42-29-63(30-43-74)62-25-27-64(28-26-62)67-35-48-90-89(61-67)103(65-31-44-75(45-32-65)108-92-20-8-2-14-78(92)84-56-69(37-50-95(84)108)72-40-53-101-87(59-72)81-17-5-11-23-98(81)111-101)106-104(105-90)66-33-46-76(47-34-66)109-93-21-9-3-15-79(93)85-57-70(38-51-96(85)109)73-41-54-102-88(60-73)82-18-6-12-24-99(82)112-102/h1-61H. The number of fused-ring (bicyclic) bond motifs is 19. The van der Waals surface area contributed by atoms with Gasteiger partial charge in [0.05, 0.1) is 44.3 Å². The van der Waals surface area contributed by atoms with Gasteiger partial charge in [-0.3, -0.25) is 0 Å². The highest BCUT2D eigenvalue weighted by molar-refractivity contribution is 6.15. The molecule has 0 N–H and O–H groups in total. The maximum Gasteiger partial charge on any atom is 0.160 e. The highest BCUT2D eigenvalue weighted by atomic mass is 16.3. The second kappa shape index (κ2) is 24.2. The minimum absolute atomic E-state index is 0.648. The molecule has 0 spiro atoms. The summed E-state index contributed by atoms with van der Waals surface area (Å²) in [7, 11) is 0. The molecular formula is C104H61N5O3. The summed E-state index contributed by atoms with van der Waals surface area (Å²) in [5, 5.41) is 14.9. The van der Waals surface area contributed by atoms with Crippen molar-refractivity contribution >= 4 is 142 Å². The molecule has 0 saturated heterocycles. The summed E-state index contributed by atoms with van der Waals surface area (Å²) in [4.78, 5) is 11.0. The molecular weight excluding hydrogens is 1370 g/mol. The fourth-order valence-corrected chi connectivity index (χ4v) is 17.9. The van der Waals surface area contributed by atoms with E-state index in [9.17, 15) is 0 Å². The van der Waals surface area contributed by atoms with E-state index in [-0.39, 0.29) is 0 Å². The average Bonchev–Trinajstić information content (AvgIpc) is 1.59. The summed E-state index contributed by atoms with van der Waals surface area (Å²) in [6, 6.07) is 133. The number of rotatable bonds is 10. The molecule has 8 heteroatoms. The van der Waals surface area contributed by atoms with Crippen molar-refractivity contribution in [2.75, 3.05) is 0 Å². The summed E-state index contributed by atoms with van der Waals surface area (Å²) in [5.41, 5.74) is 30.4. The van der Waals surface area contributed by atoms with E-state index in [4.69, 9.17) is 23.2 Å². The van der Waals surface area contributed by atoms with Crippen LogP contribution in [0.3, 0.4) is 0 Å². The number of hydrogen-bond acceptors (Lipinski definition) is 5. The predicted octanol–water partition coefficient (Wildman–Crippen LogP) is 28.3. The third-order valence-corrected chi connectivity index (χ3v) is 23.3.